The minimum atomic E-state index is -4.87. The van der Waals surface area contributed by atoms with Crippen molar-refractivity contribution < 1.29 is 26.8 Å². The SMILES string of the molecule is CCc1ccc(N2CC(C(=O)Nc3ccccc3S(=O)(=O)C(F)F)CC2=O)cc1. The van der Waals surface area contributed by atoms with Gasteiger partial charge in [0, 0.05) is 18.7 Å². The second kappa shape index (κ2) is 8.28. The zero-order chi connectivity index (χ0) is 21.2. The topological polar surface area (TPSA) is 83.6 Å². The number of alkyl halides is 2. The van der Waals surface area contributed by atoms with Crippen molar-refractivity contribution in [1.29, 1.82) is 0 Å². The highest BCUT2D eigenvalue weighted by Gasteiger charge is 2.36. The van der Waals surface area contributed by atoms with Gasteiger partial charge in [0.1, 0.15) is 0 Å². The molecule has 154 valence electrons. The second-order valence-electron chi connectivity index (χ2n) is 6.72. The van der Waals surface area contributed by atoms with E-state index in [9.17, 15) is 26.8 Å². The van der Waals surface area contributed by atoms with Gasteiger partial charge in [-0.2, -0.15) is 8.78 Å². The molecular weight excluding hydrogens is 402 g/mol. The van der Waals surface area contributed by atoms with E-state index in [1.165, 1.54) is 23.1 Å². The summed E-state index contributed by atoms with van der Waals surface area (Å²) in [6.07, 6.45) is 0.811. The van der Waals surface area contributed by atoms with Crippen LogP contribution in [-0.2, 0) is 25.8 Å². The maximum Gasteiger partial charge on any atom is 0.341 e. The van der Waals surface area contributed by atoms with Gasteiger partial charge in [0.2, 0.25) is 21.7 Å². The number of rotatable bonds is 6. The molecule has 3 rings (SSSR count). The molecule has 1 unspecified atom stereocenters. The van der Waals surface area contributed by atoms with E-state index in [0.29, 0.717) is 5.69 Å². The molecule has 9 heteroatoms. The van der Waals surface area contributed by atoms with E-state index in [1.54, 1.807) is 0 Å². The van der Waals surface area contributed by atoms with Gasteiger partial charge < -0.3 is 10.2 Å². The van der Waals surface area contributed by atoms with Gasteiger partial charge in [-0.15, -0.1) is 0 Å². The molecule has 2 aromatic carbocycles. The third kappa shape index (κ3) is 4.29. The Balaban J connectivity index is 1.77. The first-order valence-electron chi connectivity index (χ1n) is 9.05. The zero-order valence-corrected chi connectivity index (χ0v) is 16.5. The number of benzene rings is 2. The number of nitrogens with zero attached hydrogens (tertiary/aromatic N) is 1. The van der Waals surface area contributed by atoms with Crippen LogP contribution in [0.25, 0.3) is 0 Å². The number of hydrogen-bond acceptors (Lipinski definition) is 4. The monoisotopic (exact) mass is 422 g/mol. The number of aryl methyl sites for hydroxylation is 1. The zero-order valence-electron chi connectivity index (χ0n) is 15.6. The summed E-state index contributed by atoms with van der Waals surface area (Å²) in [5.74, 6) is -5.16. The van der Waals surface area contributed by atoms with Crippen LogP contribution < -0.4 is 10.2 Å². The summed E-state index contributed by atoms with van der Waals surface area (Å²) in [5, 5.41) is 2.39. The number of amides is 2. The van der Waals surface area contributed by atoms with Crippen molar-refractivity contribution in [3.63, 3.8) is 0 Å². The van der Waals surface area contributed by atoms with Crippen molar-refractivity contribution in [2.24, 2.45) is 5.92 Å². The fourth-order valence-electron chi connectivity index (χ4n) is 3.19. The molecule has 2 amide bonds. The molecule has 0 radical (unpaired) electrons. The van der Waals surface area contributed by atoms with Crippen LogP contribution in [0.5, 0.6) is 0 Å². The predicted octanol–water partition coefficient (Wildman–Crippen LogP) is 3.24. The number of carbonyl (C=O) groups is 2. The van der Waals surface area contributed by atoms with E-state index in [1.807, 2.05) is 31.2 Å². The molecule has 1 aliphatic heterocycles. The molecule has 1 N–H and O–H groups in total. The molecule has 1 aliphatic rings. The predicted molar refractivity (Wildman–Crippen MR) is 105 cm³/mol. The summed E-state index contributed by atoms with van der Waals surface area (Å²) in [4.78, 5) is 25.8. The lowest BCUT2D eigenvalue weighted by Crippen LogP contribution is -2.28. The highest BCUT2D eigenvalue weighted by atomic mass is 32.2. The van der Waals surface area contributed by atoms with Crippen molar-refractivity contribution in [2.45, 2.75) is 30.4 Å². The van der Waals surface area contributed by atoms with Crippen LogP contribution >= 0.6 is 0 Å². The molecule has 1 fully saturated rings. The third-order valence-corrected chi connectivity index (χ3v) is 6.28. The van der Waals surface area contributed by atoms with E-state index in [0.717, 1.165) is 18.1 Å². The Morgan fingerprint density at radius 3 is 2.45 bits per heavy atom. The molecule has 1 atom stereocenters. The number of carbonyl (C=O) groups excluding carboxylic acids is 2. The summed E-state index contributed by atoms with van der Waals surface area (Å²) in [6.45, 7) is 2.14. The average molecular weight is 422 g/mol. The molecule has 0 saturated carbocycles. The van der Waals surface area contributed by atoms with Crippen LogP contribution in [0.3, 0.4) is 0 Å². The van der Waals surface area contributed by atoms with Gasteiger partial charge >= 0.3 is 5.76 Å². The van der Waals surface area contributed by atoms with Gasteiger partial charge in [-0.1, -0.05) is 31.2 Å². The van der Waals surface area contributed by atoms with E-state index in [4.69, 9.17) is 0 Å². The fourth-order valence-corrected chi connectivity index (χ4v) is 4.08. The number of hydrogen-bond donors (Lipinski definition) is 1. The number of para-hydroxylation sites is 1. The van der Waals surface area contributed by atoms with Crippen molar-refractivity contribution in [2.75, 3.05) is 16.8 Å². The van der Waals surface area contributed by atoms with Gasteiger partial charge in [0.05, 0.1) is 16.5 Å². The first kappa shape index (κ1) is 20.9. The van der Waals surface area contributed by atoms with Crippen LogP contribution in [0, 0.1) is 5.92 Å². The molecule has 6 nitrogen and oxygen atoms in total. The van der Waals surface area contributed by atoms with Gasteiger partial charge in [0.25, 0.3) is 0 Å². The highest BCUT2D eigenvalue weighted by molar-refractivity contribution is 7.91. The Hall–Kier alpha value is -2.81. The quantitative estimate of drug-likeness (QED) is 0.775. The van der Waals surface area contributed by atoms with Crippen molar-refractivity contribution >= 4 is 33.0 Å². The Kier molecular flexibility index (Phi) is 5.97. The molecule has 1 heterocycles. The minimum absolute atomic E-state index is 0.0505. The van der Waals surface area contributed by atoms with Gasteiger partial charge in [-0.05, 0) is 36.2 Å². The molecule has 2 aromatic rings. The summed E-state index contributed by atoms with van der Waals surface area (Å²) in [6, 6.07) is 12.4. The fraction of sp³-hybridized carbons (Fsp3) is 0.300. The van der Waals surface area contributed by atoms with E-state index >= 15 is 0 Å². The van der Waals surface area contributed by atoms with Crippen molar-refractivity contribution in [1.82, 2.24) is 0 Å². The molecule has 0 bridgehead atoms. The maximum absolute atomic E-state index is 12.9. The standard InChI is InChI=1S/C20H20F2N2O4S/c1-2-13-7-9-15(10-8-13)24-12-14(11-18(24)25)19(26)23-16-5-3-4-6-17(16)29(27,28)20(21)22/h3-10,14,20H,2,11-12H2,1H3,(H,23,26). The smallest absolute Gasteiger partial charge is 0.325 e. The molecule has 29 heavy (non-hydrogen) atoms. The Morgan fingerprint density at radius 2 is 1.83 bits per heavy atom. The third-order valence-electron chi connectivity index (χ3n) is 4.84. The van der Waals surface area contributed by atoms with Crippen LogP contribution in [-0.4, -0.2) is 32.5 Å². The molecule has 0 aliphatic carbocycles. The highest BCUT2D eigenvalue weighted by Crippen LogP contribution is 2.29. The number of sulfone groups is 1. The Labute approximate surface area is 167 Å². The van der Waals surface area contributed by atoms with Crippen LogP contribution in [0.2, 0.25) is 0 Å². The summed E-state index contributed by atoms with van der Waals surface area (Å²) in [5.41, 5.74) is 1.56. The Morgan fingerprint density at radius 1 is 1.17 bits per heavy atom. The lowest BCUT2D eigenvalue weighted by Gasteiger charge is -2.17. The van der Waals surface area contributed by atoms with Crippen LogP contribution in [0.4, 0.5) is 20.2 Å². The Bertz CT molecular complexity index is 1020. The molecule has 0 spiro atoms. The summed E-state index contributed by atoms with van der Waals surface area (Å²) < 4.78 is 49.5. The number of nitrogens with one attached hydrogen (secondary N) is 1. The average Bonchev–Trinajstić information content (AvgIpc) is 3.10. The maximum atomic E-state index is 12.9. The summed E-state index contributed by atoms with van der Waals surface area (Å²) in [7, 11) is -4.87. The number of halogens is 2. The van der Waals surface area contributed by atoms with Gasteiger partial charge in [-0.3, -0.25) is 9.59 Å². The molecule has 0 aromatic heterocycles. The van der Waals surface area contributed by atoms with E-state index < -0.39 is 32.3 Å². The van der Waals surface area contributed by atoms with Crippen LogP contribution in [0.1, 0.15) is 18.9 Å². The van der Waals surface area contributed by atoms with E-state index in [2.05, 4.69) is 5.32 Å². The molecular formula is C20H20F2N2O4S. The number of anilines is 2. The second-order valence-corrected chi connectivity index (χ2v) is 8.60. The van der Waals surface area contributed by atoms with Gasteiger partial charge in [-0.25, -0.2) is 8.42 Å². The van der Waals surface area contributed by atoms with E-state index in [-0.39, 0.29) is 24.6 Å². The first-order chi connectivity index (χ1) is 13.7. The van der Waals surface area contributed by atoms with Crippen LogP contribution in [0.15, 0.2) is 53.4 Å². The lowest BCUT2D eigenvalue weighted by molar-refractivity contribution is -0.122. The summed E-state index contributed by atoms with van der Waals surface area (Å²) >= 11 is 0. The molecule has 1 saturated heterocycles. The van der Waals surface area contributed by atoms with Crippen molar-refractivity contribution in [3.8, 4) is 0 Å². The lowest BCUT2D eigenvalue weighted by atomic mass is 10.1. The van der Waals surface area contributed by atoms with Crippen molar-refractivity contribution in [3.05, 3.63) is 54.1 Å². The van der Waals surface area contributed by atoms with Gasteiger partial charge in [0.15, 0.2) is 0 Å². The normalized spacial score (nSPS) is 17.0. The largest absolute Gasteiger partial charge is 0.341 e. The first-order valence-corrected chi connectivity index (χ1v) is 10.6. The minimum Gasteiger partial charge on any atom is -0.325 e.